The second-order valence-corrected chi connectivity index (χ2v) is 6.98. The Bertz CT molecular complexity index is 1090. The topological polar surface area (TPSA) is 57.9 Å². The van der Waals surface area contributed by atoms with Gasteiger partial charge in [0, 0.05) is 30.4 Å². The summed E-state index contributed by atoms with van der Waals surface area (Å²) in [6.07, 6.45) is 4.03. The average molecular weight is 364 g/mol. The number of hydrogen-bond acceptors (Lipinski definition) is 5. The van der Waals surface area contributed by atoms with E-state index in [4.69, 9.17) is 18.6 Å². The lowest BCUT2D eigenvalue weighted by Crippen LogP contribution is -2.27. The molecule has 5 heteroatoms. The van der Waals surface area contributed by atoms with E-state index in [9.17, 15) is 4.79 Å². The summed E-state index contributed by atoms with van der Waals surface area (Å²) < 4.78 is 22.3. The minimum Gasteiger partial charge on any atom is -0.483 e. The van der Waals surface area contributed by atoms with E-state index in [1.54, 1.807) is 25.3 Å². The molecule has 0 amide bonds. The Labute approximate surface area is 156 Å². The molecule has 0 unspecified atom stereocenters. The largest absolute Gasteiger partial charge is 0.483 e. The molecular weight excluding hydrogens is 344 g/mol. The minimum absolute atomic E-state index is 0.102. The van der Waals surface area contributed by atoms with Gasteiger partial charge >= 0.3 is 0 Å². The second-order valence-electron chi connectivity index (χ2n) is 6.98. The molecule has 0 bridgehead atoms. The van der Waals surface area contributed by atoms with Crippen molar-refractivity contribution >= 4 is 17.0 Å². The molecule has 1 aliphatic heterocycles. The number of hydrogen-bond donors (Lipinski definition) is 0. The Morgan fingerprint density at radius 3 is 2.74 bits per heavy atom. The van der Waals surface area contributed by atoms with Gasteiger partial charge in [-0.15, -0.1) is 0 Å². The molecule has 4 rings (SSSR count). The molecule has 138 valence electrons. The lowest BCUT2D eigenvalue weighted by molar-refractivity contribution is 0.0512. The second kappa shape index (κ2) is 6.59. The lowest BCUT2D eigenvalue weighted by Gasteiger charge is -2.27. The van der Waals surface area contributed by atoms with E-state index in [0.29, 0.717) is 22.5 Å². The van der Waals surface area contributed by atoms with Gasteiger partial charge in [-0.25, -0.2) is 0 Å². The zero-order valence-corrected chi connectivity index (χ0v) is 15.4. The summed E-state index contributed by atoms with van der Waals surface area (Å²) >= 11 is 0. The molecule has 0 saturated carbocycles. The summed E-state index contributed by atoms with van der Waals surface area (Å²) in [6.45, 7) is 4.14. The van der Waals surface area contributed by atoms with Gasteiger partial charge in [-0.1, -0.05) is 6.08 Å². The Hall–Kier alpha value is -3.05. The predicted molar refractivity (Wildman–Crippen MR) is 104 cm³/mol. The van der Waals surface area contributed by atoms with E-state index in [2.05, 4.69) is 0 Å². The van der Waals surface area contributed by atoms with Crippen LogP contribution in [0.1, 0.15) is 19.4 Å². The van der Waals surface area contributed by atoms with Gasteiger partial charge in [0.1, 0.15) is 28.4 Å². The van der Waals surface area contributed by atoms with Crippen LogP contribution in [-0.4, -0.2) is 19.5 Å². The van der Waals surface area contributed by atoms with Crippen molar-refractivity contribution < 1.29 is 18.6 Å². The highest BCUT2D eigenvalue weighted by atomic mass is 16.7. The molecule has 5 nitrogen and oxygen atoms in total. The monoisotopic (exact) mass is 364 g/mol. The van der Waals surface area contributed by atoms with E-state index in [0.717, 1.165) is 16.9 Å². The fraction of sp³-hybridized carbons (Fsp3) is 0.227. The van der Waals surface area contributed by atoms with E-state index >= 15 is 0 Å². The Balaban J connectivity index is 1.76. The molecule has 0 radical (unpaired) electrons. The highest BCUT2D eigenvalue weighted by Gasteiger charge is 2.22. The summed E-state index contributed by atoms with van der Waals surface area (Å²) in [4.78, 5) is 12.5. The number of methoxy groups -OCH3 is 1. The van der Waals surface area contributed by atoms with Crippen LogP contribution in [0.4, 0.5) is 0 Å². The fourth-order valence-corrected chi connectivity index (χ4v) is 3.03. The molecule has 3 aromatic rings. The first-order chi connectivity index (χ1) is 12.9. The van der Waals surface area contributed by atoms with Crippen LogP contribution < -0.4 is 14.9 Å². The Kier molecular flexibility index (Phi) is 4.24. The van der Waals surface area contributed by atoms with Gasteiger partial charge in [-0.05, 0) is 50.3 Å². The first kappa shape index (κ1) is 17.4. The van der Waals surface area contributed by atoms with Crippen molar-refractivity contribution in [1.29, 1.82) is 0 Å². The third-order valence-electron chi connectivity index (χ3n) is 4.38. The fourth-order valence-electron chi connectivity index (χ4n) is 3.03. The first-order valence-corrected chi connectivity index (χ1v) is 8.67. The molecular formula is C22H20O5. The molecule has 1 aliphatic rings. The lowest BCUT2D eigenvalue weighted by atomic mass is 10.00. The summed E-state index contributed by atoms with van der Waals surface area (Å²) in [5, 5.41) is 0.506. The predicted octanol–water partition coefficient (Wildman–Crippen LogP) is 4.63. The average Bonchev–Trinajstić information content (AvgIpc) is 2.65. The standard InChI is InChI=1S/C22H20O5/c1-22(2)9-8-15-10-14(4-7-19(15)27-22)20-12-18(23)17-6-5-16(25-13-24-3)11-21(17)26-20/h4-12H,13H2,1-3H3. The van der Waals surface area contributed by atoms with E-state index in [-0.39, 0.29) is 17.8 Å². The SMILES string of the molecule is COCOc1ccc2c(=O)cc(-c3ccc4c(c3)C=CC(C)(C)O4)oc2c1. The van der Waals surface area contributed by atoms with Gasteiger partial charge in [0.15, 0.2) is 12.2 Å². The van der Waals surface area contributed by atoms with Crippen LogP contribution in [0.2, 0.25) is 0 Å². The van der Waals surface area contributed by atoms with Crippen molar-refractivity contribution in [2.24, 2.45) is 0 Å². The smallest absolute Gasteiger partial charge is 0.193 e. The zero-order valence-electron chi connectivity index (χ0n) is 15.4. The van der Waals surface area contributed by atoms with Crippen LogP contribution in [0.3, 0.4) is 0 Å². The number of rotatable bonds is 4. The number of benzene rings is 2. The summed E-state index contributed by atoms with van der Waals surface area (Å²) in [5.74, 6) is 1.88. The van der Waals surface area contributed by atoms with Crippen LogP contribution in [-0.2, 0) is 4.74 Å². The molecule has 0 aliphatic carbocycles. The van der Waals surface area contributed by atoms with Crippen molar-refractivity contribution in [1.82, 2.24) is 0 Å². The highest BCUT2D eigenvalue weighted by Crippen LogP contribution is 2.34. The van der Waals surface area contributed by atoms with Gasteiger partial charge < -0.3 is 18.6 Å². The van der Waals surface area contributed by atoms with Gasteiger partial charge in [-0.3, -0.25) is 4.79 Å². The number of ether oxygens (including phenoxy) is 3. The summed E-state index contributed by atoms with van der Waals surface area (Å²) in [7, 11) is 1.55. The quantitative estimate of drug-likeness (QED) is 0.632. The molecule has 2 aromatic carbocycles. The summed E-state index contributed by atoms with van der Waals surface area (Å²) in [5.41, 5.74) is 1.80. The molecule has 0 spiro atoms. The minimum atomic E-state index is -0.331. The number of fused-ring (bicyclic) bond motifs is 2. The molecule has 0 saturated heterocycles. The summed E-state index contributed by atoms with van der Waals surface area (Å²) in [6, 6.07) is 12.4. The van der Waals surface area contributed by atoms with E-state index < -0.39 is 0 Å². The zero-order chi connectivity index (χ0) is 19.0. The van der Waals surface area contributed by atoms with Crippen molar-refractivity contribution in [2.75, 3.05) is 13.9 Å². The third-order valence-corrected chi connectivity index (χ3v) is 4.38. The maximum absolute atomic E-state index is 12.5. The van der Waals surface area contributed by atoms with Crippen molar-refractivity contribution in [2.45, 2.75) is 19.4 Å². The van der Waals surface area contributed by atoms with Crippen LogP contribution in [0.15, 0.2) is 57.8 Å². The molecule has 1 aromatic heterocycles. The van der Waals surface area contributed by atoms with Gasteiger partial charge in [-0.2, -0.15) is 0 Å². The maximum Gasteiger partial charge on any atom is 0.193 e. The molecule has 0 N–H and O–H groups in total. The van der Waals surface area contributed by atoms with Gasteiger partial charge in [0.2, 0.25) is 0 Å². The van der Waals surface area contributed by atoms with E-state index in [1.807, 2.05) is 44.2 Å². The van der Waals surface area contributed by atoms with Gasteiger partial charge in [0.25, 0.3) is 0 Å². The van der Waals surface area contributed by atoms with Crippen molar-refractivity contribution in [3.63, 3.8) is 0 Å². The van der Waals surface area contributed by atoms with Crippen LogP contribution >= 0.6 is 0 Å². The Morgan fingerprint density at radius 2 is 1.93 bits per heavy atom. The molecule has 0 atom stereocenters. The van der Waals surface area contributed by atoms with Crippen LogP contribution in [0.25, 0.3) is 28.4 Å². The van der Waals surface area contributed by atoms with E-state index in [1.165, 1.54) is 6.07 Å². The van der Waals surface area contributed by atoms with Crippen molar-refractivity contribution in [3.8, 4) is 22.8 Å². The normalized spacial score (nSPS) is 14.6. The first-order valence-electron chi connectivity index (χ1n) is 8.67. The molecule has 2 heterocycles. The Morgan fingerprint density at radius 1 is 1.07 bits per heavy atom. The third kappa shape index (κ3) is 3.46. The van der Waals surface area contributed by atoms with Gasteiger partial charge in [0.05, 0.1) is 5.39 Å². The maximum atomic E-state index is 12.5. The van der Waals surface area contributed by atoms with Crippen molar-refractivity contribution in [3.05, 3.63) is 64.3 Å². The molecule has 0 fully saturated rings. The highest BCUT2D eigenvalue weighted by molar-refractivity contribution is 5.80. The molecule has 27 heavy (non-hydrogen) atoms. The van der Waals surface area contributed by atoms with Crippen LogP contribution in [0.5, 0.6) is 11.5 Å². The van der Waals surface area contributed by atoms with Crippen LogP contribution in [0, 0.1) is 0 Å².